The highest BCUT2D eigenvalue weighted by Crippen LogP contribution is 2.19. The van der Waals surface area contributed by atoms with E-state index >= 15 is 0 Å². The third-order valence-electron chi connectivity index (χ3n) is 2.89. The van der Waals surface area contributed by atoms with Gasteiger partial charge in [-0.05, 0) is 12.5 Å². The summed E-state index contributed by atoms with van der Waals surface area (Å²) in [6.45, 7) is 1.18. The number of aliphatic carboxylic acids is 1. The van der Waals surface area contributed by atoms with Gasteiger partial charge in [-0.15, -0.1) is 0 Å². The van der Waals surface area contributed by atoms with Crippen LogP contribution in [0.25, 0.3) is 0 Å². The molecule has 0 heterocycles. The molecule has 0 aromatic heterocycles. The molecule has 1 aromatic rings. The average Bonchev–Trinajstić information content (AvgIpc) is 2.45. The molecule has 21 heavy (non-hydrogen) atoms. The molecule has 0 aliphatic heterocycles. The predicted molar refractivity (Wildman–Crippen MR) is 75.0 cm³/mol. The largest absolute Gasteiger partial charge is 0.481 e. The van der Waals surface area contributed by atoms with Crippen LogP contribution in [-0.4, -0.2) is 37.8 Å². The highest BCUT2D eigenvalue weighted by molar-refractivity contribution is 7.90. The molecule has 2 atom stereocenters. The molecule has 0 saturated carbocycles. The normalized spacial score (nSPS) is 14.2. The van der Waals surface area contributed by atoms with E-state index in [1.807, 2.05) is 0 Å². The van der Waals surface area contributed by atoms with E-state index in [4.69, 9.17) is 5.11 Å². The Hall–Kier alpha value is -1.93. The van der Waals surface area contributed by atoms with Crippen LogP contribution in [0.2, 0.25) is 0 Å². The maximum absolute atomic E-state index is 12.1. The van der Waals surface area contributed by atoms with Gasteiger partial charge in [0.2, 0.25) is 10.0 Å². The fourth-order valence-electron chi connectivity index (χ4n) is 1.68. The van der Waals surface area contributed by atoms with Gasteiger partial charge in [0.15, 0.2) is 5.25 Å². The minimum atomic E-state index is -4.05. The summed E-state index contributed by atoms with van der Waals surface area (Å²) in [4.78, 5) is 22.2. The van der Waals surface area contributed by atoms with Crippen molar-refractivity contribution in [2.75, 3.05) is 7.11 Å². The molecule has 0 aliphatic carbocycles. The quantitative estimate of drug-likeness (QED) is 0.716. The van der Waals surface area contributed by atoms with Crippen LogP contribution in [0.15, 0.2) is 30.3 Å². The van der Waals surface area contributed by atoms with E-state index in [-0.39, 0.29) is 0 Å². The van der Waals surface area contributed by atoms with Gasteiger partial charge in [-0.25, -0.2) is 13.1 Å². The first-order valence-electron chi connectivity index (χ1n) is 6.13. The number of benzene rings is 1. The van der Waals surface area contributed by atoms with Crippen LogP contribution in [0.1, 0.15) is 24.9 Å². The zero-order chi connectivity index (χ0) is 16.0. The molecule has 8 heteroatoms. The number of sulfonamides is 1. The van der Waals surface area contributed by atoms with Crippen molar-refractivity contribution in [2.45, 2.75) is 24.6 Å². The summed E-state index contributed by atoms with van der Waals surface area (Å²) < 4.78 is 30.8. The minimum absolute atomic E-state index is 0.433. The molecule has 7 nitrogen and oxygen atoms in total. The molecule has 0 saturated heterocycles. The summed E-state index contributed by atoms with van der Waals surface area (Å²) in [6.07, 6.45) is -0.433. The lowest BCUT2D eigenvalue weighted by Crippen LogP contribution is -2.40. The number of carboxylic acids is 1. The maximum atomic E-state index is 12.1. The monoisotopic (exact) mass is 315 g/mol. The highest BCUT2D eigenvalue weighted by Gasteiger charge is 2.32. The standard InChI is InChI=1S/C13H17NO6S/c1-9(13(17)20-2)21(18,19)14-11(8-12(15)16)10-6-4-3-5-7-10/h3-7,9,11,14H,8H2,1-2H3,(H,15,16). The molecule has 2 unspecified atom stereocenters. The Balaban J connectivity index is 3.01. The van der Waals surface area contributed by atoms with Crippen LogP contribution in [0, 0.1) is 0 Å². The van der Waals surface area contributed by atoms with Crippen molar-refractivity contribution in [3.05, 3.63) is 35.9 Å². The summed E-state index contributed by atoms with van der Waals surface area (Å²) in [6, 6.07) is 7.33. The molecular weight excluding hydrogens is 298 g/mol. The molecule has 1 rings (SSSR count). The van der Waals surface area contributed by atoms with Gasteiger partial charge >= 0.3 is 11.9 Å². The van der Waals surface area contributed by atoms with Crippen molar-refractivity contribution in [2.24, 2.45) is 0 Å². The molecule has 116 valence electrons. The number of carbonyl (C=O) groups is 2. The van der Waals surface area contributed by atoms with E-state index in [0.29, 0.717) is 5.56 Å². The fourth-order valence-corrected chi connectivity index (χ4v) is 2.85. The van der Waals surface area contributed by atoms with Crippen molar-refractivity contribution < 1.29 is 27.9 Å². The zero-order valence-electron chi connectivity index (χ0n) is 11.6. The van der Waals surface area contributed by atoms with Crippen molar-refractivity contribution in [3.8, 4) is 0 Å². The summed E-state index contributed by atoms with van der Waals surface area (Å²) in [5.41, 5.74) is 0.501. The fraction of sp³-hybridized carbons (Fsp3) is 0.385. The van der Waals surface area contributed by atoms with E-state index in [2.05, 4.69) is 9.46 Å². The smallest absolute Gasteiger partial charge is 0.325 e. The minimum Gasteiger partial charge on any atom is -0.481 e. The van der Waals surface area contributed by atoms with Crippen molar-refractivity contribution in [3.63, 3.8) is 0 Å². The lowest BCUT2D eigenvalue weighted by atomic mass is 10.1. The maximum Gasteiger partial charge on any atom is 0.325 e. The zero-order valence-corrected chi connectivity index (χ0v) is 12.5. The van der Waals surface area contributed by atoms with Gasteiger partial charge in [0.1, 0.15) is 0 Å². The SMILES string of the molecule is COC(=O)C(C)S(=O)(=O)NC(CC(=O)O)c1ccccc1. The summed E-state index contributed by atoms with van der Waals surface area (Å²) >= 11 is 0. The van der Waals surface area contributed by atoms with Gasteiger partial charge in [-0.1, -0.05) is 30.3 Å². The van der Waals surface area contributed by atoms with Crippen molar-refractivity contribution >= 4 is 22.0 Å². The third-order valence-corrected chi connectivity index (χ3v) is 4.62. The molecule has 0 spiro atoms. The van der Waals surface area contributed by atoms with Crippen molar-refractivity contribution in [1.29, 1.82) is 0 Å². The van der Waals surface area contributed by atoms with Crippen LogP contribution in [0.5, 0.6) is 0 Å². The number of esters is 1. The lowest BCUT2D eigenvalue weighted by molar-refractivity contribution is -0.140. The van der Waals surface area contributed by atoms with Gasteiger partial charge in [0.25, 0.3) is 0 Å². The Morgan fingerprint density at radius 1 is 1.29 bits per heavy atom. The van der Waals surface area contributed by atoms with Crippen LogP contribution in [0.4, 0.5) is 0 Å². The number of hydrogen-bond acceptors (Lipinski definition) is 5. The summed E-state index contributed by atoms with van der Waals surface area (Å²) in [7, 11) is -2.97. The van der Waals surface area contributed by atoms with E-state index < -0.39 is 39.7 Å². The second-order valence-corrected chi connectivity index (χ2v) is 6.42. The first kappa shape index (κ1) is 17.1. The average molecular weight is 315 g/mol. The van der Waals surface area contributed by atoms with E-state index in [0.717, 1.165) is 7.11 Å². The second kappa shape index (κ2) is 7.19. The lowest BCUT2D eigenvalue weighted by Gasteiger charge is -2.19. The van der Waals surface area contributed by atoms with Gasteiger partial charge < -0.3 is 9.84 Å². The number of methoxy groups -OCH3 is 1. The Morgan fingerprint density at radius 2 is 1.86 bits per heavy atom. The van der Waals surface area contributed by atoms with Gasteiger partial charge in [-0.2, -0.15) is 0 Å². The molecule has 0 amide bonds. The van der Waals surface area contributed by atoms with Gasteiger partial charge in [0, 0.05) is 0 Å². The van der Waals surface area contributed by atoms with Crippen LogP contribution < -0.4 is 4.72 Å². The summed E-state index contributed by atoms with van der Waals surface area (Å²) in [5.74, 6) is -2.07. The van der Waals surface area contributed by atoms with Gasteiger partial charge in [0.05, 0.1) is 19.6 Å². The van der Waals surface area contributed by atoms with Crippen molar-refractivity contribution in [1.82, 2.24) is 4.72 Å². The van der Waals surface area contributed by atoms with E-state index in [1.165, 1.54) is 6.92 Å². The van der Waals surface area contributed by atoms with E-state index in [9.17, 15) is 18.0 Å². The molecule has 0 radical (unpaired) electrons. The molecular formula is C13H17NO6S. The highest BCUT2D eigenvalue weighted by atomic mass is 32.2. The first-order valence-corrected chi connectivity index (χ1v) is 7.68. The Labute approximate surface area is 123 Å². The number of nitrogens with one attached hydrogen (secondary N) is 1. The Bertz CT molecular complexity index is 598. The third kappa shape index (κ3) is 4.83. The summed E-state index contributed by atoms with van der Waals surface area (Å²) in [5, 5.41) is 7.48. The Kier molecular flexibility index (Phi) is 5.86. The number of carboxylic acid groups (broad SMARTS) is 1. The second-order valence-electron chi connectivity index (χ2n) is 4.39. The van der Waals surface area contributed by atoms with Gasteiger partial charge in [-0.3, -0.25) is 9.59 Å². The van der Waals surface area contributed by atoms with E-state index in [1.54, 1.807) is 30.3 Å². The molecule has 1 aromatic carbocycles. The van der Waals surface area contributed by atoms with Crippen LogP contribution >= 0.6 is 0 Å². The predicted octanol–water partition coefficient (Wildman–Crippen LogP) is 0.683. The van der Waals surface area contributed by atoms with Crippen LogP contribution in [-0.2, 0) is 24.3 Å². The number of rotatable bonds is 7. The molecule has 0 fully saturated rings. The topological polar surface area (TPSA) is 110 Å². The number of carbonyl (C=O) groups excluding carboxylic acids is 1. The molecule has 0 bridgehead atoms. The number of hydrogen-bond donors (Lipinski definition) is 2. The Morgan fingerprint density at radius 3 is 2.33 bits per heavy atom. The molecule has 2 N–H and O–H groups in total. The molecule has 0 aliphatic rings. The first-order chi connectivity index (χ1) is 9.77. The number of ether oxygens (including phenoxy) is 1. The van der Waals surface area contributed by atoms with Crippen LogP contribution in [0.3, 0.4) is 0 Å².